The first kappa shape index (κ1) is 15.8. The molecule has 5 N–H and O–H groups in total. The monoisotopic (exact) mass is 291 g/mol. The smallest absolute Gasteiger partial charge is 0.325 e. The molecule has 0 saturated carbocycles. The number of nitrogen functional groups attached to an aromatic ring is 1. The van der Waals surface area contributed by atoms with Crippen molar-refractivity contribution in [3.63, 3.8) is 0 Å². The van der Waals surface area contributed by atoms with Crippen molar-refractivity contribution in [2.75, 3.05) is 19.4 Å². The number of amides is 1. The van der Waals surface area contributed by atoms with Gasteiger partial charge in [-0.1, -0.05) is 0 Å². The summed E-state index contributed by atoms with van der Waals surface area (Å²) in [6.45, 7) is -0.378. The van der Waals surface area contributed by atoms with Crippen molar-refractivity contribution in [3.8, 4) is 17.6 Å². The van der Waals surface area contributed by atoms with E-state index in [9.17, 15) is 19.8 Å². The van der Waals surface area contributed by atoms with Gasteiger partial charge in [-0.15, -0.1) is 0 Å². The van der Waals surface area contributed by atoms with E-state index in [0.29, 0.717) is 0 Å². The van der Waals surface area contributed by atoms with E-state index in [2.05, 4.69) is 10.1 Å². The van der Waals surface area contributed by atoms with Crippen LogP contribution in [0.4, 0.5) is 5.69 Å². The molecule has 1 aromatic rings. The third-order valence-electron chi connectivity index (χ3n) is 2.44. The van der Waals surface area contributed by atoms with Gasteiger partial charge >= 0.3 is 5.97 Å². The fourth-order valence-electron chi connectivity index (χ4n) is 1.38. The van der Waals surface area contributed by atoms with Crippen LogP contribution in [0, 0.1) is 11.3 Å². The van der Waals surface area contributed by atoms with Gasteiger partial charge in [0, 0.05) is 0 Å². The fraction of sp³-hybridized carbons (Fsp3) is 0.154. The molecule has 0 aliphatic heterocycles. The first-order valence-corrected chi connectivity index (χ1v) is 5.67. The van der Waals surface area contributed by atoms with Gasteiger partial charge < -0.3 is 26.0 Å². The molecule has 1 aromatic carbocycles. The van der Waals surface area contributed by atoms with E-state index in [1.54, 1.807) is 6.07 Å². The predicted molar refractivity (Wildman–Crippen MR) is 72.8 cm³/mol. The third kappa shape index (κ3) is 4.14. The number of methoxy groups -OCH3 is 1. The number of esters is 1. The van der Waals surface area contributed by atoms with Crippen LogP contribution >= 0.6 is 0 Å². The number of phenolic OH excluding ortho intramolecular Hbond substituents is 2. The highest BCUT2D eigenvalue weighted by atomic mass is 16.5. The first-order valence-electron chi connectivity index (χ1n) is 5.67. The summed E-state index contributed by atoms with van der Waals surface area (Å²) < 4.78 is 4.34. The maximum atomic E-state index is 11.7. The Morgan fingerprint density at radius 1 is 1.48 bits per heavy atom. The summed E-state index contributed by atoms with van der Waals surface area (Å²) in [6, 6.07) is 4.07. The normalized spacial score (nSPS) is 10.6. The largest absolute Gasteiger partial charge is 0.504 e. The Morgan fingerprint density at radius 2 is 2.14 bits per heavy atom. The van der Waals surface area contributed by atoms with Gasteiger partial charge in [0.1, 0.15) is 18.2 Å². The number of benzene rings is 1. The molecule has 0 spiro atoms. The molecule has 0 aromatic heterocycles. The maximum Gasteiger partial charge on any atom is 0.325 e. The number of ether oxygens (including phenoxy) is 1. The lowest BCUT2D eigenvalue weighted by molar-refractivity contribution is -0.140. The number of carbonyl (C=O) groups excluding carboxylic acids is 2. The van der Waals surface area contributed by atoms with E-state index >= 15 is 0 Å². The highest BCUT2D eigenvalue weighted by Crippen LogP contribution is 2.32. The first-order chi connectivity index (χ1) is 9.88. The van der Waals surface area contributed by atoms with Crippen LogP contribution in [0.2, 0.25) is 0 Å². The minimum Gasteiger partial charge on any atom is -0.504 e. The van der Waals surface area contributed by atoms with E-state index in [1.165, 1.54) is 6.07 Å². The summed E-state index contributed by atoms with van der Waals surface area (Å²) in [5.74, 6) is -2.41. The van der Waals surface area contributed by atoms with Crippen LogP contribution in [-0.2, 0) is 14.3 Å². The molecule has 1 rings (SSSR count). The Labute approximate surface area is 120 Å². The van der Waals surface area contributed by atoms with E-state index in [1.807, 2.05) is 0 Å². The molecular formula is C13H13N3O5. The summed E-state index contributed by atoms with van der Waals surface area (Å²) in [6.07, 6.45) is 1.15. The number of anilines is 1. The zero-order valence-corrected chi connectivity index (χ0v) is 11.1. The van der Waals surface area contributed by atoms with Gasteiger partial charge in [-0.2, -0.15) is 5.26 Å². The average molecular weight is 291 g/mol. The van der Waals surface area contributed by atoms with Gasteiger partial charge in [0.15, 0.2) is 11.5 Å². The predicted octanol–water partition coefficient (Wildman–Crippen LogP) is -0.124. The summed E-state index contributed by atoms with van der Waals surface area (Å²) in [7, 11) is 1.16. The summed E-state index contributed by atoms with van der Waals surface area (Å²) in [5.41, 5.74) is 5.28. The van der Waals surface area contributed by atoms with Crippen LogP contribution in [0.15, 0.2) is 17.7 Å². The quantitative estimate of drug-likeness (QED) is 0.199. The molecule has 8 nitrogen and oxygen atoms in total. The van der Waals surface area contributed by atoms with E-state index in [0.717, 1.165) is 19.3 Å². The highest BCUT2D eigenvalue weighted by Gasteiger charge is 2.12. The van der Waals surface area contributed by atoms with E-state index < -0.39 is 23.4 Å². The van der Waals surface area contributed by atoms with Crippen molar-refractivity contribution in [1.29, 1.82) is 5.26 Å². The van der Waals surface area contributed by atoms with Gasteiger partial charge in [0.05, 0.1) is 12.8 Å². The van der Waals surface area contributed by atoms with Gasteiger partial charge in [0.25, 0.3) is 5.91 Å². The number of nitrogens with two attached hydrogens (primary N) is 1. The zero-order chi connectivity index (χ0) is 16.0. The number of aromatic hydroxyl groups is 2. The Hall–Kier alpha value is -3.21. The second-order valence-corrected chi connectivity index (χ2v) is 3.91. The number of hydrogen-bond donors (Lipinski definition) is 4. The Morgan fingerprint density at radius 3 is 2.67 bits per heavy atom. The van der Waals surface area contributed by atoms with Crippen molar-refractivity contribution in [2.24, 2.45) is 0 Å². The highest BCUT2D eigenvalue weighted by molar-refractivity contribution is 6.02. The number of hydrogen-bond acceptors (Lipinski definition) is 7. The molecule has 8 heteroatoms. The van der Waals surface area contributed by atoms with Gasteiger partial charge in [0.2, 0.25) is 0 Å². The fourth-order valence-corrected chi connectivity index (χ4v) is 1.38. The van der Waals surface area contributed by atoms with Crippen LogP contribution in [0.25, 0.3) is 6.08 Å². The average Bonchev–Trinajstić information content (AvgIpc) is 2.47. The van der Waals surface area contributed by atoms with Crippen LogP contribution in [0.5, 0.6) is 11.5 Å². The number of rotatable bonds is 4. The molecule has 0 saturated heterocycles. The number of nitrogens with one attached hydrogen (secondary N) is 1. The third-order valence-corrected chi connectivity index (χ3v) is 2.44. The Bertz CT molecular complexity index is 623. The number of carbonyl (C=O) groups is 2. The van der Waals surface area contributed by atoms with Gasteiger partial charge in [-0.05, 0) is 23.8 Å². The van der Waals surface area contributed by atoms with Crippen LogP contribution in [-0.4, -0.2) is 35.7 Å². The lowest BCUT2D eigenvalue weighted by Gasteiger charge is -2.05. The zero-order valence-electron chi connectivity index (χ0n) is 11.1. The van der Waals surface area contributed by atoms with Crippen molar-refractivity contribution in [3.05, 3.63) is 23.3 Å². The second kappa shape index (κ2) is 6.81. The van der Waals surface area contributed by atoms with E-state index in [-0.39, 0.29) is 23.4 Å². The molecule has 0 aliphatic rings. The second-order valence-electron chi connectivity index (χ2n) is 3.91. The van der Waals surface area contributed by atoms with Crippen molar-refractivity contribution >= 4 is 23.6 Å². The Balaban J connectivity index is 2.97. The Kier molecular flexibility index (Phi) is 5.14. The topological polar surface area (TPSA) is 146 Å². The van der Waals surface area contributed by atoms with Gasteiger partial charge in [-0.3, -0.25) is 9.59 Å². The van der Waals surface area contributed by atoms with Crippen molar-refractivity contribution < 1.29 is 24.5 Å². The van der Waals surface area contributed by atoms with Crippen LogP contribution in [0.1, 0.15) is 5.56 Å². The van der Waals surface area contributed by atoms with Crippen molar-refractivity contribution in [2.45, 2.75) is 0 Å². The summed E-state index contributed by atoms with van der Waals surface area (Å²) in [4.78, 5) is 22.6. The SMILES string of the molecule is COC(=O)CNC(=O)/C(C#N)=C/c1cc(N)c(O)c(O)c1. The molecular weight excluding hydrogens is 278 g/mol. The lowest BCUT2D eigenvalue weighted by atomic mass is 10.1. The number of phenols is 2. The van der Waals surface area contributed by atoms with E-state index in [4.69, 9.17) is 11.0 Å². The van der Waals surface area contributed by atoms with Gasteiger partial charge in [-0.25, -0.2) is 0 Å². The van der Waals surface area contributed by atoms with Crippen molar-refractivity contribution in [1.82, 2.24) is 5.32 Å². The standard InChI is InChI=1S/C13H13N3O5/c1-21-11(18)6-16-13(20)8(5-14)2-7-3-9(15)12(19)10(17)4-7/h2-4,17,19H,6,15H2,1H3,(H,16,20)/b8-2+. The molecule has 110 valence electrons. The summed E-state index contributed by atoms with van der Waals surface area (Å²) in [5, 5.41) is 29.9. The molecule has 0 radical (unpaired) electrons. The minimum atomic E-state index is -0.783. The molecule has 0 atom stereocenters. The molecule has 21 heavy (non-hydrogen) atoms. The molecule has 0 fully saturated rings. The minimum absolute atomic E-state index is 0.103. The molecule has 0 heterocycles. The lowest BCUT2D eigenvalue weighted by Crippen LogP contribution is -2.30. The maximum absolute atomic E-state index is 11.7. The molecule has 0 aliphatic carbocycles. The molecule has 0 unspecified atom stereocenters. The molecule has 0 bridgehead atoms. The summed E-state index contributed by atoms with van der Waals surface area (Å²) >= 11 is 0. The number of nitrogens with zero attached hydrogens (tertiary/aromatic N) is 1. The van der Waals surface area contributed by atoms with Crippen LogP contribution in [0.3, 0.4) is 0 Å². The number of nitriles is 1. The van der Waals surface area contributed by atoms with Crippen LogP contribution < -0.4 is 11.1 Å². The molecule has 1 amide bonds.